The Morgan fingerprint density at radius 2 is 1.70 bits per heavy atom. The third kappa shape index (κ3) is 2.71. The second-order valence-electron chi connectivity index (χ2n) is 6.18. The molecule has 1 aliphatic rings. The Hall–Kier alpha value is -2.31. The van der Waals surface area contributed by atoms with Gasteiger partial charge >= 0.3 is 5.69 Å². The van der Waals surface area contributed by atoms with E-state index < -0.39 is 0 Å². The van der Waals surface area contributed by atoms with Gasteiger partial charge in [0.05, 0.1) is 5.39 Å². The minimum absolute atomic E-state index is 0.0394. The van der Waals surface area contributed by atoms with E-state index in [1.165, 1.54) is 24.5 Å². The molecule has 0 saturated carbocycles. The Bertz CT molecular complexity index is 851. The molecule has 0 bridgehead atoms. The molecular weight excluding hydrogens is 296 g/mol. The molecule has 2 aromatic heterocycles. The summed E-state index contributed by atoms with van der Waals surface area (Å²) in [5, 5.41) is 0.457. The molecule has 0 spiro atoms. The second kappa shape index (κ2) is 6.06. The summed E-state index contributed by atoms with van der Waals surface area (Å²) in [6.07, 6.45) is 6.12. The van der Waals surface area contributed by atoms with Gasteiger partial charge in [0.15, 0.2) is 0 Å². The van der Waals surface area contributed by atoms with Crippen molar-refractivity contribution >= 4 is 16.9 Å². The van der Waals surface area contributed by atoms with Crippen LogP contribution in [0.15, 0.2) is 21.9 Å². The molecule has 7 heteroatoms. The zero-order chi connectivity index (χ0) is 16.6. The Labute approximate surface area is 133 Å². The lowest BCUT2D eigenvalue weighted by Gasteiger charge is -2.21. The lowest BCUT2D eigenvalue weighted by Crippen LogP contribution is -2.38. The molecule has 1 aliphatic heterocycles. The smallest absolute Gasteiger partial charge is 0.332 e. The van der Waals surface area contributed by atoms with Crippen molar-refractivity contribution in [3.8, 4) is 0 Å². The Balaban J connectivity index is 1.96. The van der Waals surface area contributed by atoms with Crippen LogP contribution in [0.25, 0.3) is 11.0 Å². The fourth-order valence-electron chi connectivity index (χ4n) is 3.28. The van der Waals surface area contributed by atoms with Crippen molar-refractivity contribution in [1.82, 2.24) is 18.6 Å². The van der Waals surface area contributed by atoms with E-state index in [9.17, 15) is 14.4 Å². The van der Waals surface area contributed by atoms with Gasteiger partial charge in [-0.05, 0) is 18.9 Å². The molecule has 0 N–H and O–H groups in total. The highest BCUT2D eigenvalue weighted by molar-refractivity contribution is 5.80. The summed E-state index contributed by atoms with van der Waals surface area (Å²) < 4.78 is 4.21. The number of rotatable bonds is 2. The number of hydrogen-bond donors (Lipinski definition) is 0. The van der Waals surface area contributed by atoms with E-state index in [1.54, 1.807) is 23.9 Å². The van der Waals surface area contributed by atoms with Gasteiger partial charge in [-0.3, -0.25) is 18.7 Å². The van der Waals surface area contributed by atoms with Crippen LogP contribution in [-0.2, 0) is 25.4 Å². The number of nitrogens with zero attached hydrogens (tertiary/aromatic N) is 4. The fraction of sp³-hybridized carbons (Fsp3) is 0.562. The molecule has 1 amide bonds. The molecular formula is C16H22N4O3. The largest absolute Gasteiger partial charge is 0.341 e. The van der Waals surface area contributed by atoms with Crippen LogP contribution in [0, 0.1) is 0 Å². The number of carbonyl (C=O) groups excluding carboxylic acids is 1. The third-order valence-electron chi connectivity index (χ3n) is 4.63. The highest BCUT2D eigenvalue weighted by Crippen LogP contribution is 2.13. The standard InChI is InChI=1S/C16H22N4O3/c1-17-14-12(15(22)18(2)16(17)23)7-10-20(14)11-13(21)19-8-5-3-4-6-9-19/h7,10H,3-6,8-9,11H2,1-2H3. The van der Waals surface area contributed by atoms with E-state index in [2.05, 4.69) is 0 Å². The molecule has 3 heterocycles. The van der Waals surface area contributed by atoms with Gasteiger partial charge in [0.2, 0.25) is 5.91 Å². The molecule has 0 aromatic carbocycles. The van der Waals surface area contributed by atoms with Crippen molar-refractivity contribution in [3.63, 3.8) is 0 Å². The summed E-state index contributed by atoms with van der Waals surface area (Å²) in [4.78, 5) is 38.7. The molecule has 2 aromatic rings. The number of carbonyl (C=O) groups is 1. The number of aryl methyl sites for hydroxylation is 1. The van der Waals surface area contributed by atoms with Crippen LogP contribution in [0.3, 0.4) is 0 Å². The highest BCUT2D eigenvalue weighted by Gasteiger charge is 2.18. The first-order chi connectivity index (χ1) is 11.0. The van der Waals surface area contributed by atoms with E-state index in [0.29, 0.717) is 11.0 Å². The molecule has 0 atom stereocenters. The van der Waals surface area contributed by atoms with Crippen LogP contribution in [0.4, 0.5) is 0 Å². The lowest BCUT2D eigenvalue weighted by atomic mass is 10.2. The predicted molar refractivity (Wildman–Crippen MR) is 87.5 cm³/mol. The summed E-state index contributed by atoms with van der Waals surface area (Å²) in [6, 6.07) is 1.67. The lowest BCUT2D eigenvalue weighted by molar-refractivity contribution is -0.131. The molecule has 7 nitrogen and oxygen atoms in total. The van der Waals surface area contributed by atoms with Crippen LogP contribution in [0.5, 0.6) is 0 Å². The van der Waals surface area contributed by atoms with Crippen molar-refractivity contribution in [2.75, 3.05) is 13.1 Å². The van der Waals surface area contributed by atoms with Gasteiger partial charge in [0.25, 0.3) is 5.56 Å². The monoisotopic (exact) mass is 318 g/mol. The van der Waals surface area contributed by atoms with Crippen LogP contribution >= 0.6 is 0 Å². The Morgan fingerprint density at radius 1 is 1.04 bits per heavy atom. The third-order valence-corrected chi connectivity index (χ3v) is 4.63. The van der Waals surface area contributed by atoms with E-state index >= 15 is 0 Å². The minimum atomic E-state index is -0.385. The van der Waals surface area contributed by atoms with Gasteiger partial charge in [-0.25, -0.2) is 4.79 Å². The average molecular weight is 318 g/mol. The second-order valence-corrected chi connectivity index (χ2v) is 6.18. The van der Waals surface area contributed by atoms with Gasteiger partial charge in [0, 0.05) is 33.4 Å². The molecule has 1 saturated heterocycles. The first-order valence-corrected chi connectivity index (χ1v) is 8.03. The average Bonchev–Trinajstić information content (AvgIpc) is 2.77. The van der Waals surface area contributed by atoms with E-state index in [-0.39, 0.29) is 23.7 Å². The summed E-state index contributed by atoms with van der Waals surface area (Å²) in [5.74, 6) is 0.0394. The van der Waals surface area contributed by atoms with Crippen LogP contribution in [0.2, 0.25) is 0 Å². The normalized spacial score (nSPS) is 15.8. The quantitative estimate of drug-likeness (QED) is 0.807. The summed E-state index contributed by atoms with van der Waals surface area (Å²) in [7, 11) is 3.08. The maximum absolute atomic E-state index is 12.5. The summed E-state index contributed by atoms with van der Waals surface area (Å²) >= 11 is 0. The number of fused-ring (bicyclic) bond motifs is 1. The maximum atomic E-state index is 12.5. The van der Waals surface area contributed by atoms with Crippen LogP contribution in [0.1, 0.15) is 25.7 Å². The van der Waals surface area contributed by atoms with Crippen molar-refractivity contribution in [3.05, 3.63) is 33.1 Å². The van der Waals surface area contributed by atoms with Gasteiger partial charge in [-0.1, -0.05) is 12.8 Å². The Kier molecular flexibility index (Phi) is 4.11. The van der Waals surface area contributed by atoms with E-state index in [4.69, 9.17) is 0 Å². The van der Waals surface area contributed by atoms with Crippen molar-refractivity contribution in [2.45, 2.75) is 32.2 Å². The molecule has 0 unspecified atom stereocenters. The predicted octanol–water partition coefficient (Wildman–Crippen LogP) is 0.441. The van der Waals surface area contributed by atoms with Gasteiger partial charge in [-0.15, -0.1) is 0 Å². The van der Waals surface area contributed by atoms with Gasteiger partial charge in [0.1, 0.15) is 12.2 Å². The van der Waals surface area contributed by atoms with Crippen molar-refractivity contribution in [1.29, 1.82) is 0 Å². The van der Waals surface area contributed by atoms with Crippen LogP contribution < -0.4 is 11.2 Å². The minimum Gasteiger partial charge on any atom is -0.341 e. The number of amides is 1. The first-order valence-electron chi connectivity index (χ1n) is 8.03. The molecule has 3 rings (SSSR count). The maximum Gasteiger partial charge on any atom is 0.332 e. The van der Waals surface area contributed by atoms with Crippen molar-refractivity contribution < 1.29 is 4.79 Å². The molecule has 23 heavy (non-hydrogen) atoms. The summed E-state index contributed by atoms with van der Waals surface area (Å²) in [5.41, 5.74) is -0.213. The molecule has 0 radical (unpaired) electrons. The fourth-order valence-corrected chi connectivity index (χ4v) is 3.28. The van der Waals surface area contributed by atoms with E-state index in [1.807, 2.05) is 4.90 Å². The zero-order valence-corrected chi connectivity index (χ0v) is 13.6. The zero-order valence-electron chi connectivity index (χ0n) is 13.6. The molecule has 1 fully saturated rings. The topological polar surface area (TPSA) is 69.2 Å². The van der Waals surface area contributed by atoms with Crippen LogP contribution in [-0.4, -0.2) is 37.6 Å². The highest BCUT2D eigenvalue weighted by atomic mass is 16.2. The van der Waals surface area contributed by atoms with E-state index in [0.717, 1.165) is 30.5 Å². The SMILES string of the molecule is Cn1c(=O)c2ccn(CC(=O)N3CCCCCC3)c2n(C)c1=O. The number of likely N-dealkylation sites (tertiary alicyclic amines) is 1. The van der Waals surface area contributed by atoms with Gasteiger partial charge in [-0.2, -0.15) is 0 Å². The summed E-state index contributed by atoms with van der Waals surface area (Å²) in [6.45, 7) is 1.74. The number of hydrogen-bond acceptors (Lipinski definition) is 3. The Morgan fingerprint density at radius 3 is 2.35 bits per heavy atom. The van der Waals surface area contributed by atoms with Crippen molar-refractivity contribution in [2.24, 2.45) is 14.1 Å². The molecule has 0 aliphatic carbocycles. The van der Waals surface area contributed by atoms with Gasteiger partial charge < -0.3 is 9.47 Å². The number of aromatic nitrogens is 3. The first kappa shape index (κ1) is 15.6. The molecule has 124 valence electrons.